The molecule has 0 bridgehead atoms. The van der Waals surface area contributed by atoms with Crippen LogP contribution in [0, 0.1) is 0 Å². The van der Waals surface area contributed by atoms with E-state index in [4.69, 9.17) is 80.8 Å². The first-order valence-corrected chi connectivity index (χ1v) is 29.0. The molecule has 37 heteroatoms. The minimum Gasteiger partial charge on any atom is -0.789 e. The Labute approximate surface area is 397 Å². The number of imidazole rings is 2. The molecule has 0 radical (unpaired) electrons. The average molecular weight is 1150 g/mol. The highest BCUT2D eigenvalue weighted by Gasteiger charge is 2.44. The number of nitrogens with two attached hydrogens (primary N) is 3. The Bertz CT molecular complexity index is 2910. The van der Waals surface area contributed by atoms with E-state index in [1.807, 2.05) is 0 Å². The van der Waals surface area contributed by atoms with Gasteiger partial charge in [0.1, 0.15) is 65.2 Å². The van der Waals surface area contributed by atoms with E-state index >= 15 is 0 Å². The van der Waals surface area contributed by atoms with Crippen molar-refractivity contribution in [3.63, 3.8) is 0 Å². The van der Waals surface area contributed by atoms with E-state index in [1.54, 1.807) is 7.68 Å². The number of nitrogen functional groups attached to an aromatic ring is 3. The quantitative estimate of drug-likeness (QED) is 0.0172. The molecule has 3 aliphatic rings. The fraction of sp³-hybridized carbons (Fsp3) is 0.517. The van der Waals surface area contributed by atoms with Gasteiger partial charge in [-0.25, -0.2) is 19.9 Å². The summed E-state index contributed by atoms with van der Waals surface area (Å²) in [5.41, 5.74) is 17.3. The third kappa shape index (κ3) is 11.2. The van der Waals surface area contributed by atoms with Crippen molar-refractivity contribution in [3.8, 4) is 0 Å². The summed E-state index contributed by atoms with van der Waals surface area (Å²) in [6.07, 6.45) is -0.575. The number of fused-ring (bicyclic) bond motifs is 3. The molecule has 10 unspecified atom stereocenters. The number of nitrogens with one attached hydrogen (secondary N) is 5. The van der Waals surface area contributed by atoms with Gasteiger partial charge >= 0.3 is 0 Å². The number of nitrogens with zero attached hydrogens (tertiary/aromatic N) is 10. The first-order valence-electron chi connectivity index (χ1n) is 19.2. The van der Waals surface area contributed by atoms with Crippen LogP contribution in [0.3, 0.4) is 0 Å². The highest BCUT2D eigenvalue weighted by Crippen LogP contribution is 2.48. The van der Waals surface area contributed by atoms with E-state index in [1.165, 1.54) is 30.6 Å². The Morgan fingerprint density at radius 3 is 2.38 bits per heavy atom. The summed E-state index contributed by atoms with van der Waals surface area (Å²) >= 11 is 14.6. The number of hydrogen-bond acceptors (Lipinski definition) is 26. The summed E-state index contributed by atoms with van der Waals surface area (Å²) in [4.78, 5) is 80.9. The van der Waals surface area contributed by atoms with Crippen molar-refractivity contribution in [2.45, 2.75) is 62.4 Å². The molecule has 360 valence electrons. The van der Waals surface area contributed by atoms with Gasteiger partial charge in [0.15, 0.2) is 34.1 Å². The van der Waals surface area contributed by atoms with Gasteiger partial charge in [0.2, 0.25) is 11.9 Å². The molecule has 10 atom stereocenters. The van der Waals surface area contributed by atoms with Gasteiger partial charge < -0.3 is 76.7 Å². The minimum absolute atomic E-state index is 0.00838. The zero-order chi connectivity index (χ0) is 47.1. The lowest BCUT2D eigenvalue weighted by Gasteiger charge is -2.35. The molecule has 8 rings (SSSR count). The van der Waals surface area contributed by atoms with Gasteiger partial charge in [0, 0.05) is 24.9 Å². The van der Waals surface area contributed by atoms with Gasteiger partial charge in [-0.2, -0.15) is 13.1 Å². The number of aliphatic hydroxyl groups is 1. The topological polar surface area (TPSA) is 421 Å². The van der Waals surface area contributed by atoms with Gasteiger partial charge in [-0.3, -0.25) is 47.1 Å². The van der Waals surface area contributed by atoms with Crippen LogP contribution in [0.25, 0.3) is 22.3 Å². The van der Waals surface area contributed by atoms with E-state index in [0.717, 1.165) is 0 Å². The summed E-state index contributed by atoms with van der Waals surface area (Å²) in [7, 11) is 1.38. The number of aliphatic hydroxyl groups excluding tert-OH is 1. The molecule has 0 saturated carbocycles. The lowest BCUT2D eigenvalue weighted by molar-refractivity contribution is -0.190. The lowest BCUT2D eigenvalue weighted by atomic mass is 10.1. The van der Waals surface area contributed by atoms with Crippen molar-refractivity contribution in [2.75, 3.05) is 53.8 Å². The molecule has 66 heavy (non-hydrogen) atoms. The smallest absolute Gasteiger partial charge is 0.280 e. The largest absolute Gasteiger partial charge is 0.789 e. The first kappa shape index (κ1) is 49.3. The van der Waals surface area contributed by atoms with Crippen LogP contribution in [0.2, 0.25) is 0 Å². The van der Waals surface area contributed by atoms with E-state index in [-0.39, 0.29) is 66.6 Å². The van der Waals surface area contributed by atoms with E-state index in [9.17, 15) is 29.0 Å². The molecule has 12 N–H and O–H groups in total. The number of rotatable bonds is 20. The van der Waals surface area contributed by atoms with Crippen LogP contribution >= 0.6 is 41.3 Å². The molecule has 3 aliphatic heterocycles. The van der Waals surface area contributed by atoms with Crippen molar-refractivity contribution in [3.05, 3.63) is 39.7 Å². The highest BCUT2D eigenvalue weighted by molar-refractivity contribution is 14.2. The van der Waals surface area contributed by atoms with Crippen molar-refractivity contribution in [1.82, 2.24) is 64.3 Å². The lowest BCUT2D eigenvalue weighted by Crippen LogP contribution is -2.41. The van der Waals surface area contributed by atoms with Gasteiger partial charge in [0.25, 0.3) is 11.1 Å². The minimum atomic E-state index is -4.23. The predicted octanol–water partition coefficient (Wildman–Crippen LogP) is -2.24. The molecule has 2 saturated heterocycles. The van der Waals surface area contributed by atoms with Crippen molar-refractivity contribution in [2.24, 2.45) is 3.15 Å². The molecule has 2 fully saturated rings. The van der Waals surface area contributed by atoms with Gasteiger partial charge in [-0.1, -0.05) is 23.6 Å². The molecule has 30 nitrogen and oxygen atoms in total. The van der Waals surface area contributed by atoms with Crippen LogP contribution in [-0.2, 0) is 74.9 Å². The zero-order valence-corrected chi connectivity index (χ0v) is 41.1. The van der Waals surface area contributed by atoms with Crippen LogP contribution < -0.4 is 56.5 Å². The number of halogens is 1. The van der Waals surface area contributed by atoms with Crippen LogP contribution in [0.15, 0.2) is 31.7 Å². The fourth-order valence-electron chi connectivity index (χ4n) is 6.90. The van der Waals surface area contributed by atoms with Crippen LogP contribution in [0.1, 0.15) is 19.1 Å². The fourth-order valence-corrected chi connectivity index (χ4v) is 13.0. The van der Waals surface area contributed by atoms with Crippen LogP contribution in [0.5, 0.6) is 0 Å². The van der Waals surface area contributed by atoms with E-state index in [0.29, 0.717) is 11.2 Å². The molecule has 0 aromatic carbocycles. The maximum absolute atomic E-state index is 14.1. The first-order chi connectivity index (χ1) is 31.3. The van der Waals surface area contributed by atoms with Crippen LogP contribution in [-0.4, -0.2) is 124 Å². The third-order valence-electron chi connectivity index (χ3n) is 10.0. The Kier molecular flexibility index (Phi) is 15.0. The Balaban J connectivity index is 0.961. The van der Waals surface area contributed by atoms with E-state index < -0.39 is 115 Å². The number of ether oxygens (including phenoxy) is 3. The maximum atomic E-state index is 14.1. The summed E-state index contributed by atoms with van der Waals surface area (Å²) in [6.45, 7) is -14.2. The Hall–Kier alpha value is -3.09. The molecular weight excluding hydrogens is 1110 g/mol. The maximum Gasteiger partial charge on any atom is 0.280 e. The summed E-state index contributed by atoms with van der Waals surface area (Å²) in [5, 5.41) is 18.2. The number of aromatic amines is 2. The summed E-state index contributed by atoms with van der Waals surface area (Å²) in [5.74, 6) is 0.0111. The zero-order valence-electron chi connectivity index (χ0n) is 33.8. The molecule has 0 amide bonds. The molecule has 0 aliphatic carbocycles. The second kappa shape index (κ2) is 20.1. The summed E-state index contributed by atoms with van der Waals surface area (Å²) in [6, 6.07) is -1.78. The standard InChI is InChI=1S/C29H42IN18O12P3S3/c1-34-61(52,64)57-6-15-13(2-17(59-15)47-10-38-19-22(31)35-8-36-23(19)47)44-63(54,66)58-7-16-14(3-18(60-16)48-25-21(43-30-48)27(51)42-29(33)40-25)45-62(53,65)56-5-12(4-49)55-11-46-9-37-20-24(46)39-28(32)41-26(20)50/h8-10,12-18,49H,2-7,11H2,1H3,(H2,31,35,36)(H2,34,52,64)(H2,44,54,66)(H2,45,53,65)(H3,32,39,41,50)(H3,33,40,42,51)/p-3. The SMILES string of the molecule is CNP([O-])(=S)OCC1OC(n2cnc3c(N)ncnc32)CC1NP(=O)([S-])OCC1OC(N2I=Nc3c2nc(N)[nH]c3=O)CC1NP([O-])(=S)OCC(CO)OCn1cnc2c(=O)[nH]c(N)nc21. The number of aromatic nitrogens is 10. The Morgan fingerprint density at radius 2 is 1.62 bits per heavy atom. The summed E-state index contributed by atoms with van der Waals surface area (Å²) < 4.78 is 58.4. The molecular formula is C29H39IN18O12P3S3-3. The van der Waals surface area contributed by atoms with E-state index in [2.05, 4.69) is 58.3 Å². The molecule has 8 heterocycles. The Morgan fingerprint density at radius 1 is 0.939 bits per heavy atom. The molecule has 5 aromatic rings. The monoisotopic (exact) mass is 1150 g/mol. The predicted molar refractivity (Wildman–Crippen MR) is 248 cm³/mol. The van der Waals surface area contributed by atoms with Gasteiger partial charge in [-0.05, 0) is 7.05 Å². The number of hydrogen-bond donors (Lipinski definition) is 9. The second-order valence-corrected chi connectivity index (χ2v) is 25.4. The average Bonchev–Trinajstić information content (AvgIpc) is 4.10. The van der Waals surface area contributed by atoms with Crippen molar-refractivity contribution < 1.29 is 47.2 Å². The third-order valence-corrected chi connectivity index (χ3v) is 17.7. The normalized spacial score (nSPS) is 25.1. The van der Waals surface area contributed by atoms with Gasteiger partial charge in [0.05, 0.1) is 64.6 Å². The van der Waals surface area contributed by atoms with Crippen molar-refractivity contribution >= 4 is 129 Å². The van der Waals surface area contributed by atoms with Crippen LogP contribution in [0.4, 0.5) is 29.2 Å². The second-order valence-electron chi connectivity index (χ2n) is 14.4. The highest BCUT2D eigenvalue weighted by atomic mass is 127. The number of H-pyrrole nitrogens is 2. The molecule has 0 spiro atoms. The number of anilines is 4. The van der Waals surface area contributed by atoms with Gasteiger partial charge in [-0.15, -0.1) is 0 Å². The van der Waals surface area contributed by atoms with Crippen molar-refractivity contribution in [1.29, 1.82) is 0 Å². The molecule has 5 aromatic heterocycles.